The molecule has 0 aliphatic carbocycles. The van der Waals surface area contributed by atoms with Crippen molar-refractivity contribution in [3.8, 4) is 11.4 Å². The van der Waals surface area contributed by atoms with Crippen LogP contribution in [-0.2, 0) is 4.79 Å². The van der Waals surface area contributed by atoms with Crippen molar-refractivity contribution >= 4 is 11.8 Å². The molecule has 22 heavy (non-hydrogen) atoms. The Morgan fingerprint density at radius 3 is 2.14 bits per heavy atom. The molecule has 0 atom stereocenters. The zero-order valence-corrected chi connectivity index (χ0v) is 12.3. The first-order chi connectivity index (χ1) is 10.6. The van der Waals surface area contributed by atoms with E-state index >= 15 is 0 Å². The third kappa shape index (κ3) is 4.30. The van der Waals surface area contributed by atoms with Crippen molar-refractivity contribution in [1.29, 1.82) is 0 Å². The molecule has 2 aromatic rings. The van der Waals surface area contributed by atoms with E-state index in [1.165, 1.54) is 6.92 Å². The maximum atomic E-state index is 11.9. The van der Waals surface area contributed by atoms with Gasteiger partial charge in [0.05, 0.1) is 0 Å². The monoisotopic (exact) mass is 300 g/mol. The van der Waals surface area contributed by atoms with E-state index in [-0.39, 0.29) is 11.8 Å². The number of benzene rings is 1. The number of amides is 2. The Hall–Kier alpha value is -2.90. The molecule has 2 N–H and O–H groups in total. The van der Waals surface area contributed by atoms with Crippen LogP contribution in [0.1, 0.15) is 23.1 Å². The van der Waals surface area contributed by atoms with Crippen molar-refractivity contribution < 1.29 is 9.59 Å². The van der Waals surface area contributed by atoms with Crippen LogP contribution >= 0.6 is 0 Å². The van der Waals surface area contributed by atoms with Gasteiger partial charge < -0.3 is 10.6 Å². The van der Waals surface area contributed by atoms with Crippen molar-refractivity contribution in [2.45, 2.75) is 13.8 Å². The molecule has 0 aliphatic rings. The third-order valence-electron chi connectivity index (χ3n) is 2.77. The zero-order chi connectivity index (χ0) is 15.9. The van der Waals surface area contributed by atoms with Crippen LogP contribution in [0.4, 0.5) is 0 Å². The van der Waals surface area contributed by atoms with E-state index in [2.05, 4.69) is 31.0 Å². The summed E-state index contributed by atoms with van der Waals surface area (Å²) in [6.45, 7) is 3.90. The maximum absolute atomic E-state index is 11.9. The average Bonchev–Trinajstić information content (AvgIpc) is 2.52. The molecular weight excluding hydrogens is 284 g/mol. The number of rotatable bonds is 5. The van der Waals surface area contributed by atoms with Crippen LogP contribution in [-0.4, -0.2) is 45.3 Å². The molecule has 2 rings (SSSR count). The second-order valence-corrected chi connectivity index (χ2v) is 4.59. The summed E-state index contributed by atoms with van der Waals surface area (Å²) in [5.41, 5.74) is 1.24. The van der Waals surface area contributed by atoms with Crippen LogP contribution in [0.5, 0.6) is 0 Å². The van der Waals surface area contributed by atoms with E-state index in [4.69, 9.17) is 0 Å². The van der Waals surface area contributed by atoms with Crippen LogP contribution < -0.4 is 10.6 Å². The lowest BCUT2D eigenvalue weighted by molar-refractivity contribution is -0.118. The molecule has 0 unspecified atom stereocenters. The largest absolute Gasteiger partial charge is 0.355 e. The molecule has 1 aromatic heterocycles. The van der Waals surface area contributed by atoms with Gasteiger partial charge in [-0.1, -0.05) is 12.1 Å². The van der Waals surface area contributed by atoms with Crippen LogP contribution in [0, 0.1) is 6.92 Å². The highest BCUT2D eigenvalue weighted by atomic mass is 16.2. The first-order valence-electron chi connectivity index (χ1n) is 6.73. The normalized spacial score (nSPS) is 10.1. The molecular formula is C14H16N6O2. The first kappa shape index (κ1) is 15.5. The molecule has 8 nitrogen and oxygen atoms in total. The van der Waals surface area contributed by atoms with Gasteiger partial charge in [0, 0.05) is 31.1 Å². The number of carbonyl (C=O) groups excluding carboxylic acids is 2. The lowest BCUT2D eigenvalue weighted by atomic mass is 10.1. The lowest BCUT2D eigenvalue weighted by Crippen LogP contribution is -2.33. The van der Waals surface area contributed by atoms with Crippen LogP contribution in [0.3, 0.4) is 0 Å². The Morgan fingerprint density at radius 1 is 0.955 bits per heavy atom. The number of hydrogen-bond acceptors (Lipinski definition) is 6. The Bertz CT molecular complexity index is 654. The highest BCUT2D eigenvalue weighted by Crippen LogP contribution is 2.13. The van der Waals surface area contributed by atoms with E-state index in [1.54, 1.807) is 31.2 Å². The molecule has 0 saturated carbocycles. The van der Waals surface area contributed by atoms with Gasteiger partial charge in [-0.3, -0.25) is 9.59 Å². The average molecular weight is 300 g/mol. The van der Waals surface area contributed by atoms with E-state index in [0.29, 0.717) is 30.3 Å². The lowest BCUT2D eigenvalue weighted by Gasteiger charge is -2.06. The van der Waals surface area contributed by atoms with Gasteiger partial charge in [-0.25, -0.2) is 0 Å². The van der Waals surface area contributed by atoms with E-state index in [9.17, 15) is 9.59 Å². The predicted molar refractivity (Wildman–Crippen MR) is 78.8 cm³/mol. The minimum Gasteiger partial charge on any atom is -0.355 e. The van der Waals surface area contributed by atoms with Gasteiger partial charge in [0.15, 0.2) is 5.82 Å². The quantitative estimate of drug-likeness (QED) is 0.758. The van der Waals surface area contributed by atoms with Crippen molar-refractivity contribution in [2.24, 2.45) is 0 Å². The second kappa shape index (κ2) is 7.21. The number of nitrogens with one attached hydrogen (secondary N) is 2. The SMILES string of the molecule is CC(=O)NCCNC(=O)c1ccc(-c2nnc(C)nn2)cc1. The molecule has 1 heterocycles. The van der Waals surface area contributed by atoms with Gasteiger partial charge in [-0.05, 0) is 19.1 Å². The highest BCUT2D eigenvalue weighted by Gasteiger charge is 2.07. The van der Waals surface area contributed by atoms with Gasteiger partial charge in [0.25, 0.3) is 5.91 Å². The Kier molecular flexibility index (Phi) is 5.07. The molecule has 8 heteroatoms. The standard InChI is InChI=1S/C14H16N6O2/c1-9-17-19-13(20-18-9)11-3-5-12(6-4-11)14(22)16-8-7-15-10(2)21/h3-6H,7-8H2,1-2H3,(H,15,21)(H,16,22). The Balaban J connectivity index is 1.95. The molecule has 0 radical (unpaired) electrons. The first-order valence-corrected chi connectivity index (χ1v) is 6.73. The summed E-state index contributed by atoms with van der Waals surface area (Å²) in [5.74, 6) is 0.569. The van der Waals surface area contributed by atoms with Crippen LogP contribution in [0.25, 0.3) is 11.4 Å². The fourth-order valence-electron chi connectivity index (χ4n) is 1.68. The van der Waals surface area contributed by atoms with Gasteiger partial charge in [-0.2, -0.15) is 0 Å². The minimum atomic E-state index is -0.210. The number of nitrogens with zero attached hydrogens (tertiary/aromatic N) is 4. The van der Waals surface area contributed by atoms with Crippen molar-refractivity contribution in [2.75, 3.05) is 13.1 Å². The van der Waals surface area contributed by atoms with Gasteiger partial charge in [-0.15, -0.1) is 20.4 Å². The molecule has 2 amide bonds. The molecule has 0 aliphatic heterocycles. The van der Waals surface area contributed by atoms with E-state index < -0.39 is 0 Å². The molecule has 0 bridgehead atoms. The highest BCUT2D eigenvalue weighted by molar-refractivity contribution is 5.94. The molecule has 114 valence electrons. The van der Waals surface area contributed by atoms with Gasteiger partial charge in [0.2, 0.25) is 11.7 Å². The van der Waals surface area contributed by atoms with Gasteiger partial charge in [0.1, 0.15) is 0 Å². The predicted octanol–water partition coefficient (Wildman–Crippen LogP) is 0.108. The Labute approximate surface area is 127 Å². The van der Waals surface area contributed by atoms with Gasteiger partial charge >= 0.3 is 0 Å². The summed E-state index contributed by atoms with van der Waals surface area (Å²) in [4.78, 5) is 22.6. The number of carbonyl (C=O) groups is 2. The second-order valence-electron chi connectivity index (χ2n) is 4.59. The summed E-state index contributed by atoms with van der Waals surface area (Å²) in [6, 6.07) is 6.81. The summed E-state index contributed by atoms with van der Waals surface area (Å²) in [6.07, 6.45) is 0. The molecule has 1 aromatic carbocycles. The summed E-state index contributed by atoms with van der Waals surface area (Å²) in [5, 5.41) is 20.9. The number of aromatic nitrogens is 4. The van der Waals surface area contributed by atoms with Crippen molar-refractivity contribution in [3.05, 3.63) is 35.7 Å². The van der Waals surface area contributed by atoms with E-state index in [1.807, 2.05) is 0 Å². The molecule has 0 fully saturated rings. The summed E-state index contributed by atoms with van der Waals surface area (Å²) >= 11 is 0. The van der Waals surface area contributed by atoms with Crippen LogP contribution in [0.2, 0.25) is 0 Å². The third-order valence-corrected chi connectivity index (χ3v) is 2.77. The molecule has 0 spiro atoms. The fourth-order valence-corrected chi connectivity index (χ4v) is 1.68. The zero-order valence-electron chi connectivity index (χ0n) is 12.3. The summed E-state index contributed by atoms with van der Waals surface area (Å²) < 4.78 is 0. The fraction of sp³-hybridized carbons (Fsp3) is 0.286. The minimum absolute atomic E-state index is 0.126. The smallest absolute Gasteiger partial charge is 0.251 e. The topological polar surface area (TPSA) is 110 Å². The maximum Gasteiger partial charge on any atom is 0.251 e. The van der Waals surface area contributed by atoms with E-state index in [0.717, 1.165) is 5.56 Å². The van der Waals surface area contributed by atoms with Crippen LogP contribution in [0.15, 0.2) is 24.3 Å². The Morgan fingerprint density at radius 2 is 1.55 bits per heavy atom. The number of aryl methyl sites for hydroxylation is 1. The number of hydrogen-bond donors (Lipinski definition) is 2. The summed E-state index contributed by atoms with van der Waals surface area (Å²) in [7, 11) is 0. The van der Waals surface area contributed by atoms with Crippen molar-refractivity contribution in [3.63, 3.8) is 0 Å². The van der Waals surface area contributed by atoms with Crippen molar-refractivity contribution in [1.82, 2.24) is 31.0 Å². The molecule has 0 saturated heterocycles.